The van der Waals surface area contributed by atoms with Gasteiger partial charge >= 0.3 is 5.69 Å². The predicted molar refractivity (Wildman–Crippen MR) is 123 cm³/mol. The molecule has 0 fully saturated rings. The summed E-state index contributed by atoms with van der Waals surface area (Å²) in [6.07, 6.45) is 0. The zero-order chi connectivity index (χ0) is 23.5. The van der Waals surface area contributed by atoms with E-state index in [-0.39, 0.29) is 12.2 Å². The molecule has 0 aliphatic rings. The molecular weight excluding hydrogens is 423 g/mol. The first-order valence-electron chi connectivity index (χ1n) is 10.3. The van der Waals surface area contributed by atoms with E-state index in [1.165, 1.54) is 12.1 Å². The largest absolute Gasteiger partial charge is 0.352 e. The number of anilines is 1. The molecule has 1 heterocycles. The minimum absolute atomic E-state index is 0.0676. The third-order valence-corrected chi connectivity index (χ3v) is 5.13. The van der Waals surface area contributed by atoms with Crippen LogP contribution in [-0.2, 0) is 6.54 Å². The summed E-state index contributed by atoms with van der Waals surface area (Å²) >= 11 is 0. The molecule has 4 aromatic rings. The molecule has 0 saturated heterocycles. The van der Waals surface area contributed by atoms with Crippen molar-refractivity contribution in [3.05, 3.63) is 122 Å². The molecule has 0 aliphatic carbocycles. The number of amides is 1. The Balaban J connectivity index is 1.88. The number of halogens is 1. The number of nitrogens with zero attached hydrogens (tertiary/aromatic N) is 3. The summed E-state index contributed by atoms with van der Waals surface area (Å²) in [5.74, 6) is -1.31. The summed E-state index contributed by atoms with van der Waals surface area (Å²) in [6, 6.07) is 20.0. The third kappa shape index (κ3) is 4.64. The van der Waals surface area contributed by atoms with Gasteiger partial charge < -0.3 is 5.32 Å². The number of hydrogen-bond donors (Lipinski definition) is 1. The highest BCUT2D eigenvalue weighted by molar-refractivity contribution is 6.02. The van der Waals surface area contributed by atoms with E-state index in [2.05, 4.69) is 10.4 Å². The SMILES string of the molecule is Cc1cccc(Cn2c(=O)c(C(=O)Nc3ccccc3)nn(-c3ccc(C)c(F)c3)c2=O)c1. The third-order valence-electron chi connectivity index (χ3n) is 5.13. The standard InChI is InChI=1S/C25H21FN4O3/c1-16-7-6-8-18(13-16)15-29-24(32)22(23(31)27-19-9-4-3-5-10-19)28-30(25(29)33)20-12-11-17(2)21(26)14-20/h3-14H,15H2,1-2H3,(H,27,31). The Bertz CT molecular complexity index is 1460. The summed E-state index contributed by atoms with van der Waals surface area (Å²) in [6.45, 7) is 3.42. The monoisotopic (exact) mass is 444 g/mol. The molecule has 0 radical (unpaired) electrons. The lowest BCUT2D eigenvalue weighted by Gasteiger charge is -2.13. The van der Waals surface area contributed by atoms with Gasteiger partial charge in [0, 0.05) is 11.8 Å². The first kappa shape index (κ1) is 21.9. The van der Waals surface area contributed by atoms with Gasteiger partial charge in [0.1, 0.15) is 5.82 Å². The normalized spacial score (nSPS) is 10.8. The van der Waals surface area contributed by atoms with E-state index < -0.39 is 28.7 Å². The molecule has 1 N–H and O–H groups in total. The van der Waals surface area contributed by atoms with Crippen LogP contribution >= 0.6 is 0 Å². The van der Waals surface area contributed by atoms with Crippen LogP contribution in [0.3, 0.4) is 0 Å². The van der Waals surface area contributed by atoms with Gasteiger partial charge in [-0.2, -0.15) is 9.78 Å². The van der Waals surface area contributed by atoms with Gasteiger partial charge in [-0.1, -0.05) is 54.1 Å². The molecule has 166 valence electrons. The molecule has 0 aliphatic heterocycles. The van der Waals surface area contributed by atoms with Crippen molar-refractivity contribution < 1.29 is 9.18 Å². The molecule has 3 aromatic carbocycles. The fourth-order valence-corrected chi connectivity index (χ4v) is 3.38. The van der Waals surface area contributed by atoms with Gasteiger partial charge in [-0.3, -0.25) is 14.2 Å². The van der Waals surface area contributed by atoms with E-state index in [1.54, 1.807) is 43.3 Å². The van der Waals surface area contributed by atoms with Gasteiger partial charge in [0.05, 0.1) is 12.2 Å². The van der Waals surface area contributed by atoms with Crippen molar-refractivity contribution in [2.45, 2.75) is 20.4 Å². The maximum Gasteiger partial charge on any atom is 0.352 e. The average Bonchev–Trinajstić information content (AvgIpc) is 2.79. The Morgan fingerprint density at radius 1 is 0.970 bits per heavy atom. The van der Waals surface area contributed by atoms with Crippen LogP contribution in [0.2, 0.25) is 0 Å². The number of benzene rings is 3. The van der Waals surface area contributed by atoms with Crippen LogP contribution in [0, 0.1) is 19.7 Å². The van der Waals surface area contributed by atoms with Crippen molar-refractivity contribution >= 4 is 11.6 Å². The Kier molecular flexibility index (Phi) is 5.99. The van der Waals surface area contributed by atoms with Crippen molar-refractivity contribution in [1.82, 2.24) is 14.3 Å². The van der Waals surface area contributed by atoms with E-state index in [4.69, 9.17) is 0 Å². The molecule has 4 rings (SSSR count). The van der Waals surface area contributed by atoms with Crippen LogP contribution in [0.1, 0.15) is 27.2 Å². The number of carbonyl (C=O) groups is 1. The van der Waals surface area contributed by atoms with Crippen LogP contribution in [0.25, 0.3) is 5.69 Å². The molecule has 1 amide bonds. The predicted octanol–water partition coefficient (Wildman–Crippen LogP) is 3.45. The average molecular weight is 444 g/mol. The molecule has 8 heteroatoms. The Labute approximate surface area is 188 Å². The number of nitrogens with one attached hydrogen (secondary N) is 1. The smallest absolute Gasteiger partial charge is 0.320 e. The number of rotatable bonds is 5. The zero-order valence-electron chi connectivity index (χ0n) is 18.1. The second kappa shape index (κ2) is 9.04. The van der Waals surface area contributed by atoms with Crippen molar-refractivity contribution in [2.75, 3.05) is 5.32 Å². The summed E-state index contributed by atoms with van der Waals surface area (Å²) in [7, 11) is 0. The van der Waals surface area contributed by atoms with Gasteiger partial charge in [0.2, 0.25) is 5.69 Å². The van der Waals surface area contributed by atoms with Crippen molar-refractivity contribution in [3.8, 4) is 5.69 Å². The number of carbonyl (C=O) groups excluding carboxylic acids is 1. The highest BCUT2D eigenvalue weighted by atomic mass is 19.1. The van der Waals surface area contributed by atoms with Gasteiger partial charge in [-0.25, -0.2) is 9.18 Å². The van der Waals surface area contributed by atoms with Crippen LogP contribution in [-0.4, -0.2) is 20.3 Å². The van der Waals surface area contributed by atoms with Crippen LogP contribution in [0.15, 0.2) is 82.4 Å². The number of hydrogen-bond acceptors (Lipinski definition) is 4. The maximum absolute atomic E-state index is 14.2. The molecule has 0 spiro atoms. The molecule has 0 atom stereocenters. The van der Waals surface area contributed by atoms with Crippen molar-refractivity contribution in [3.63, 3.8) is 0 Å². The van der Waals surface area contributed by atoms with Crippen molar-refractivity contribution in [1.29, 1.82) is 0 Å². The second-order valence-corrected chi connectivity index (χ2v) is 7.68. The number of para-hydroxylation sites is 1. The summed E-state index contributed by atoms with van der Waals surface area (Å²) in [5, 5.41) is 6.63. The van der Waals surface area contributed by atoms with Gasteiger partial charge in [0.25, 0.3) is 11.5 Å². The highest BCUT2D eigenvalue weighted by Gasteiger charge is 2.21. The van der Waals surface area contributed by atoms with E-state index in [0.717, 1.165) is 20.9 Å². The lowest BCUT2D eigenvalue weighted by Crippen LogP contribution is -2.45. The minimum atomic E-state index is -0.834. The second-order valence-electron chi connectivity index (χ2n) is 7.68. The first-order valence-corrected chi connectivity index (χ1v) is 10.3. The Morgan fingerprint density at radius 3 is 2.42 bits per heavy atom. The first-order chi connectivity index (χ1) is 15.8. The van der Waals surface area contributed by atoms with Crippen LogP contribution < -0.4 is 16.6 Å². The topological polar surface area (TPSA) is 86.0 Å². The van der Waals surface area contributed by atoms with Gasteiger partial charge in [0.15, 0.2) is 0 Å². The quantitative estimate of drug-likeness (QED) is 0.511. The minimum Gasteiger partial charge on any atom is -0.320 e. The Hall–Kier alpha value is -4.33. The molecule has 0 bridgehead atoms. The fourth-order valence-electron chi connectivity index (χ4n) is 3.38. The van der Waals surface area contributed by atoms with Crippen LogP contribution in [0.5, 0.6) is 0 Å². The number of aromatic nitrogens is 3. The van der Waals surface area contributed by atoms with E-state index in [1.807, 2.05) is 25.1 Å². The van der Waals surface area contributed by atoms with E-state index in [0.29, 0.717) is 16.8 Å². The van der Waals surface area contributed by atoms with Crippen molar-refractivity contribution in [2.24, 2.45) is 0 Å². The molecule has 33 heavy (non-hydrogen) atoms. The lowest BCUT2D eigenvalue weighted by atomic mass is 10.1. The van der Waals surface area contributed by atoms with E-state index in [9.17, 15) is 18.8 Å². The molecular formula is C25H21FN4O3. The number of aryl methyl sites for hydroxylation is 2. The molecule has 7 nitrogen and oxygen atoms in total. The lowest BCUT2D eigenvalue weighted by molar-refractivity contribution is 0.101. The molecule has 1 aromatic heterocycles. The highest BCUT2D eigenvalue weighted by Crippen LogP contribution is 2.12. The summed E-state index contributed by atoms with van der Waals surface area (Å²) < 4.78 is 16.0. The zero-order valence-corrected chi connectivity index (χ0v) is 18.1. The van der Waals surface area contributed by atoms with E-state index >= 15 is 0 Å². The molecule has 0 saturated carbocycles. The maximum atomic E-state index is 14.2. The summed E-state index contributed by atoms with van der Waals surface area (Å²) in [5.41, 5.74) is 0.533. The van der Waals surface area contributed by atoms with Gasteiger partial charge in [-0.15, -0.1) is 0 Å². The fraction of sp³-hybridized carbons (Fsp3) is 0.120. The van der Waals surface area contributed by atoms with Gasteiger partial charge in [-0.05, 0) is 43.2 Å². The Morgan fingerprint density at radius 2 is 1.73 bits per heavy atom. The van der Waals surface area contributed by atoms with Crippen LogP contribution in [0.4, 0.5) is 10.1 Å². The summed E-state index contributed by atoms with van der Waals surface area (Å²) in [4.78, 5) is 39.3. The molecule has 0 unspecified atom stereocenters.